The lowest BCUT2D eigenvalue weighted by Crippen LogP contribution is -2.27. The molecule has 152 valence electrons. The van der Waals surface area contributed by atoms with Gasteiger partial charge < -0.3 is 14.2 Å². The highest BCUT2D eigenvalue weighted by molar-refractivity contribution is 8.18. The van der Waals surface area contributed by atoms with Gasteiger partial charge >= 0.3 is 0 Å². The predicted molar refractivity (Wildman–Crippen MR) is 114 cm³/mol. The number of carbonyl (C=O) groups excluding carboxylic acids is 2. The lowest BCUT2D eigenvalue weighted by Gasteiger charge is -2.14. The maximum absolute atomic E-state index is 12.8. The van der Waals surface area contributed by atoms with Gasteiger partial charge in [0.1, 0.15) is 0 Å². The number of amides is 2. The molecule has 0 N–H and O–H groups in total. The van der Waals surface area contributed by atoms with Crippen molar-refractivity contribution in [2.75, 3.05) is 21.3 Å². The monoisotopic (exact) mass is 453 g/mol. The van der Waals surface area contributed by atoms with E-state index in [2.05, 4.69) is 0 Å². The maximum Gasteiger partial charge on any atom is 0.293 e. The zero-order chi connectivity index (χ0) is 21.1. The fourth-order valence-electron chi connectivity index (χ4n) is 2.84. The standard InChI is InChI=1S/C20H17Cl2NO5S/c1-26-15-7-5-12(17(27-2)18(15)28-3)9-16-19(24)23(20(25)29-16)10-11-4-6-13(21)14(22)8-11/h4-9H,10H2,1-3H3/b16-9-. The van der Waals surface area contributed by atoms with Gasteiger partial charge in [-0.15, -0.1) is 0 Å². The lowest BCUT2D eigenvalue weighted by molar-refractivity contribution is -0.123. The minimum absolute atomic E-state index is 0.0992. The van der Waals surface area contributed by atoms with Crippen LogP contribution in [0.5, 0.6) is 17.2 Å². The molecule has 0 radical (unpaired) electrons. The van der Waals surface area contributed by atoms with E-state index in [4.69, 9.17) is 37.4 Å². The van der Waals surface area contributed by atoms with Crippen LogP contribution < -0.4 is 14.2 Å². The zero-order valence-corrected chi connectivity index (χ0v) is 18.2. The second-order valence-corrected chi connectivity index (χ2v) is 7.75. The number of hydrogen-bond acceptors (Lipinski definition) is 6. The highest BCUT2D eigenvalue weighted by Crippen LogP contribution is 2.42. The molecule has 2 aromatic rings. The number of methoxy groups -OCH3 is 3. The van der Waals surface area contributed by atoms with Gasteiger partial charge in [-0.3, -0.25) is 14.5 Å². The fourth-order valence-corrected chi connectivity index (χ4v) is 3.99. The van der Waals surface area contributed by atoms with Gasteiger partial charge in [-0.05, 0) is 47.7 Å². The molecule has 29 heavy (non-hydrogen) atoms. The predicted octanol–water partition coefficient (Wildman–Crippen LogP) is 5.26. The molecule has 3 rings (SSSR count). The van der Waals surface area contributed by atoms with E-state index in [-0.39, 0.29) is 16.7 Å². The van der Waals surface area contributed by atoms with Gasteiger partial charge in [0.25, 0.3) is 11.1 Å². The van der Waals surface area contributed by atoms with Crippen molar-refractivity contribution in [3.8, 4) is 17.2 Å². The molecular formula is C20H17Cl2NO5S. The number of rotatable bonds is 6. The third kappa shape index (κ3) is 4.32. The van der Waals surface area contributed by atoms with Gasteiger partial charge in [0.2, 0.25) is 5.75 Å². The Balaban J connectivity index is 1.91. The number of thioether (sulfide) groups is 1. The Hall–Kier alpha value is -2.35. The summed E-state index contributed by atoms with van der Waals surface area (Å²) in [5, 5.41) is 0.401. The van der Waals surface area contributed by atoms with Crippen molar-refractivity contribution in [3.05, 3.63) is 56.4 Å². The zero-order valence-electron chi connectivity index (χ0n) is 15.8. The van der Waals surface area contributed by atoms with Crippen LogP contribution in [0.3, 0.4) is 0 Å². The lowest BCUT2D eigenvalue weighted by atomic mass is 10.1. The molecule has 0 aromatic heterocycles. The largest absolute Gasteiger partial charge is 0.493 e. The SMILES string of the molecule is COc1ccc(/C=C2\SC(=O)N(Cc3ccc(Cl)c(Cl)c3)C2=O)c(OC)c1OC. The van der Waals surface area contributed by atoms with E-state index in [1.54, 1.807) is 36.4 Å². The molecule has 9 heteroatoms. The van der Waals surface area contributed by atoms with Crippen LogP contribution in [-0.4, -0.2) is 37.4 Å². The second-order valence-electron chi connectivity index (χ2n) is 5.94. The summed E-state index contributed by atoms with van der Waals surface area (Å²) >= 11 is 12.8. The Morgan fingerprint density at radius 1 is 0.966 bits per heavy atom. The van der Waals surface area contributed by atoms with Gasteiger partial charge in [0, 0.05) is 5.56 Å². The minimum Gasteiger partial charge on any atom is -0.493 e. The molecule has 1 saturated heterocycles. The van der Waals surface area contributed by atoms with Gasteiger partial charge in [-0.2, -0.15) is 0 Å². The van der Waals surface area contributed by atoms with Crippen LogP contribution in [0.2, 0.25) is 10.0 Å². The fraction of sp³-hybridized carbons (Fsp3) is 0.200. The average Bonchev–Trinajstić information content (AvgIpc) is 2.97. The van der Waals surface area contributed by atoms with Crippen molar-refractivity contribution in [1.82, 2.24) is 4.90 Å². The van der Waals surface area contributed by atoms with Crippen molar-refractivity contribution >= 4 is 52.2 Å². The summed E-state index contributed by atoms with van der Waals surface area (Å²) in [6.45, 7) is 0.0992. The highest BCUT2D eigenvalue weighted by atomic mass is 35.5. The van der Waals surface area contributed by atoms with Crippen molar-refractivity contribution in [3.63, 3.8) is 0 Å². The van der Waals surface area contributed by atoms with E-state index in [0.717, 1.165) is 16.7 Å². The maximum atomic E-state index is 12.8. The number of imide groups is 1. The van der Waals surface area contributed by atoms with Gasteiger partial charge in [-0.25, -0.2) is 0 Å². The average molecular weight is 454 g/mol. The molecule has 0 atom stereocenters. The van der Waals surface area contributed by atoms with Crippen LogP contribution in [0.15, 0.2) is 35.2 Å². The first-order valence-corrected chi connectivity index (χ1v) is 9.95. The molecular weight excluding hydrogens is 437 g/mol. The molecule has 2 amide bonds. The smallest absolute Gasteiger partial charge is 0.293 e. The first kappa shape index (κ1) is 21.4. The van der Waals surface area contributed by atoms with Crippen LogP contribution in [0.25, 0.3) is 6.08 Å². The Labute approximate surface area is 182 Å². The molecule has 0 bridgehead atoms. The van der Waals surface area contributed by atoms with Crippen molar-refractivity contribution in [2.24, 2.45) is 0 Å². The summed E-state index contributed by atoms with van der Waals surface area (Å²) < 4.78 is 16.1. The molecule has 0 unspecified atom stereocenters. The molecule has 1 aliphatic heterocycles. The first-order valence-electron chi connectivity index (χ1n) is 8.37. The van der Waals surface area contributed by atoms with Crippen molar-refractivity contribution in [2.45, 2.75) is 6.54 Å². The van der Waals surface area contributed by atoms with E-state index in [1.165, 1.54) is 21.3 Å². The Kier molecular flexibility index (Phi) is 6.62. The van der Waals surface area contributed by atoms with Crippen LogP contribution in [0.1, 0.15) is 11.1 Å². The van der Waals surface area contributed by atoms with Gasteiger partial charge in [0.05, 0.1) is 42.8 Å². The number of carbonyl (C=O) groups is 2. The molecule has 0 spiro atoms. The molecule has 1 fully saturated rings. The molecule has 0 saturated carbocycles. The molecule has 1 aliphatic rings. The third-order valence-electron chi connectivity index (χ3n) is 4.22. The molecule has 2 aromatic carbocycles. The highest BCUT2D eigenvalue weighted by Gasteiger charge is 2.35. The van der Waals surface area contributed by atoms with Crippen molar-refractivity contribution in [1.29, 1.82) is 0 Å². The topological polar surface area (TPSA) is 65.1 Å². The number of ether oxygens (including phenoxy) is 3. The normalized spacial score (nSPS) is 15.2. The molecule has 1 heterocycles. The van der Waals surface area contributed by atoms with Crippen molar-refractivity contribution < 1.29 is 23.8 Å². The Morgan fingerprint density at radius 3 is 2.31 bits per heavy atom. The first-order chi connectivity index (χ1) is 13.9. The summed E-state index contributed by atoms with van der Waals surface area (Å²) in [5.41, 5.74) is 1.29. The van der Waals surface area contributed by atoms with Gasteiger partial charge in [-0.1, -0.05) is 29.3 Å². The quantitative estimate of drug-likeness (QED) is 0.556. The molecule has 6 nitrogen and oxygen atoms in total. The summed E-state index contributed by atoms with van der Waals surface area (Å²) in [7, 11) is 4.51. The van der Waals surface area contributed by atoms with E-state index in [1.807, 2.05) is 0 Å². The molecule has 0 aliphatic carbocycles. The summed E-state index contributed by atoms with van der Waals surface area (Å²) in [6.07, 6.45) is 1.60. The Morgan fingerprint density at radius 2 is 1.69 bits per heavy atom. The number of halogens is 2. The van der Waals surface area contributed by atoms with E-state index >= 15 is 0 Å². The summed E-state index contributed by atoms with van der Waals surface area (Å²) in [4.78, 5) is 26.7. The number of hydrogen-bond donors (Lipinski definition) is 0. The summed E-state index contributed by atoms with van der Waals surface area (Å²) in [6, 6.07) is 8.41. The Bertz CT molecular complexity index is 1010. The minimum atomic E-state index is -0.400. The van der Waals surface area contributed by atoms with Gasteiger partial charge in [0.15, 0.2) is 11.5 Å². The van der Waals surface area contributed by atoms with E-state index < -0.39 is 5.91 Å². The van der Waals surface area contributed by atoms with Crippen LogP contribution >= 0.6 is 35.0 Å². The third-order valence-corrected chi connectivity index (χ3v) is 5.87. The van der Waals surface area contributed by atoms with E-state index in [9.17, 15) is 9.59 Å². The van der Waals surface area contributed by atoms with E-state index in [0.29, 0.717) is 38.4 Å². The van der Waals surface area contributed by atoms with Crippen LogP contribution in [0, 0.1) is 0 Å². The number of nitrogens with zero attached hydrogens (tertiary/aromatic N) is 1. The number of benzene rings is 2. The second kappa shape index (κ2) is 8.98. The van der Waals surface area contributed by atoms with Crippen LogP contribution in [-0.2, 0) is 11.3 Å². The van der Waals surface area contributed by atoms with Crippen LogP contribution in [0.4, 0.5) is 4.79 Å². The summed E-state index contributed by atoms with van der Waals surface area (Å²) in [5.74, 6) is 0.902.